The molecule has 0 spiro atoms. The minimum absolute atomic E-state index is 0.308. The van der Waals surface area contributed by atoms with Crippen molar-refractivity contribution in [3.8, 4) is 0 Å². The molecular weight excluding hydrogens is 170 g/mol. The molecule has 0 atom stereocenters. The van der Waals surface area contributed by atoms with Crippen LogP contribution in [0.5, 0.6) is 0 Å². The molecule has 0 aliphatic heterocycles. The number of benzene rings is 1. The van der Waals surface area contributed by atoms with Gasteiger partial charge in [-0.3, -0.25) is 0 Å². The summed E-state index contributed by atoms with van der Waals surface area (Å²) in [6.07, 6.45) is 2.57. The van der Waals surface area contributed by atoms with E-state index in [2.05, 4.69) is 45.3 Å². The third kappa shape index (κ3) is 1.36. The standard InChI is InChI=1S/C13H19N/c1-9-7-11(3)12(8-10(9)2)13(14-4)5-6-13/h7-8,14H,5-6H2,1-4H3. The highest BCUT2D eigenvalue weighted by molar-refractivity contribution is 5.43. The molecule has 1 aliphatic carbocycles. The fraction of sp³-hybridized carbons (Fsp3) is 0.538. The Balaban J connectivity index is 2.49. The van der Waals surface area contributed by atoms with Gasteiger partial charge in [-0.15, -0.1) is 0 Å². The molecule has 0 amide bonds. The van der Waals surface area contributed by atoms with Crippen LogP contribution in [-0.4, -0.2) is 7.05 Å². The van der Waals surface area contributed by atoms with E-state index < -0.39 is 0 Å². The zero-order chi connectivity index (χ0) is 10.3. The average molecular weight is 189 g/mol. The van der Waals surface area contributed by atoms with Crippen LogP contribution in [0.25, 0.3) is 0 Å². The van der Waals surface area contributed by atoms with E-state index in [0.717, 1.165) is 0 Å². The highest BCUT2D eigenvalue weighted by atomic mass is 15.0. The quantitative estimate of drug-likeness (QED) is 0.754. The lowest BCUT2D eigenvalue weighted by atomic mass is 9.94. The molecule has 0 unspecified atom stereocenters. The summed E-state index contributed by atoms with van der Waals surface area (Å²) in [5, 5.41) is 3.46. The highest BCUT2D eigenvalue weighted by Gasteiger charge is 2.43. The van der Waals surface area contributed by atoms with Crippen LogP contribution in [0, 0.1) is 20.8 Å². The van der Waals surface area contributed by atoms with Gasteiger partial charge in [0.1, 0.15) is 0 Å². The molecule has 1 heteroatoms. The molecule has 0 bridgehead atoms. The van der Waals surface area contributed by atoms with Gasteiger partial charge in [0.15, 0.2) is 0 Å². The molecule has 1 aromatic carbocycles. The summed E-state index contributed by atoms with van der Waals surface area (Å²) in [4.78, 5) is 0. The molecule has 0 saturated heterocycles. The Morgan fingerprint density at radius 3 is 2.07 bits per heavy atom. The van der Waals surface area contributed by atoms with E-state index in [-0.39, 0.29) is 0 Å². The smallest absolute Gasteiger partial charge is 0.0436 e. The zero-order valence-corrected chi connectivity index (χ0v) is 9.57. The normalized spacial score (nSPS) is 18.3. The summed E-state index contributed by atoms with van der Waals surface area (Å²) in [5.41, 5.74) is 6.05. The summed E-state index contributed by atoms with van der Waals surface area (Å²) >= 11 is 0. The third-order valence-electron chi connectivity index (χ3n) is 3.58. The lowest BCUT2D eigenvalue weighted by Gasteiger charge is -2.19. The zero-order valence-electron chi connectivity index (χ0n) is 9.57. The van der Waals surface area contributed by atoms with Crippen molar-refractivity contribution in [2.24, 2.45) is 0 Å². The molecule has 0 heterocycles. The maximum atomic E-state index is 3.46. The van der Waals surface area contributed by atoms with Crippen molar-refractivity contribution < 1.29 is 0 Å². The monoisotopic (exact) mass is 189 g/mol. The van der Waals surface area contributed by atoms with Gasteiger partial charge in [0.05, 0.1) is 0 Å². The van der Waals surface area contributed by atoms with E-state index in [1.54, 1.807) is 0 Å². The fourth-order valence-electron chi connectivity index (χ4n) is 2.26. The first-order chi connectivity index (χ1) is 6.59. The first-order valence-electron chi connectivity index (χ1n) is 5.36. The summed E-state index contributed by atoms with van der Waals surface area (Å²) in [7, 11) is 2.07. The van der Waals surface area contributed by atoms with Crippen LogP contribution in [0.1, 0.15) is 35.1 Å². The molecule has 76 valence electrons. The van der Waals surface area contributed by atoms with E-state index in [1.165, 1.54) is 35.1 Å². The van der Waals surface area contributed by atoms with Crippen molar-refractivity contribution in [2.45, 2.75) is 39.2 Å². The van der Waals surface area contributed by atoms with Gasteiger partial charge in [-0.2, -0.15) is 0 Å². The minimum Gasteiger partial charge on any atom is -0.310 e. The molecule has 1 fully saturated rings. The molecule has 2 rings (SSSR count). The first kappa shape index (κ1) is 9.72. The first-order valence-corrected chi connectivity index (χ1v) is 5.36. The fourth-order valence-corrected chi connectivity index (χ4v) is 2.26. The van der Waals surface area contributed by atoms with Crippen molar-refractivity contribution >= 4 is 0 Å². The highest BCUT2D eigenvalue weighted by Crippen LogP contribution is 2.46. The van der Waals surface area contributed by atoms with Gasteiger partial charge in [-0.1, -0.05) is 12.1 Å². The van der Waals surface area contributed by atoms with Gasteiger partial charge < -0.3 is 5.32 Å². The van der Waals surface area contributed by atoms with E-state index >= 15 is 0 Å². The molecule has 1 nitrogen and oxygen atoms in total. The molecule has 1 N–H and O–H groups in total. The second-order valence-corrected chi connectivity index (χ2v) is 4.58. The van der Waals surface area contributed by atoms with Gasteiger partial charge in [0.25, 0.3) is 0 Å². The van der Waals surface area contributed by atoms with Crippen LogP contribution in [0.2, 0.25) is 0 Å². The molecule has 1 aromatic rings. The van der Waals surface area contributed by atoms with Gasteiger partial charge in [-0.05, 0) is 62.9 Å². The lowest BCUT2D eigenvalue weighted by molar-refractivity contribution is 0.581. The van der Waals surface area contributed by atoms with Gasteiger partial charge >= 0.3 is 0 Å². The largest absolute Gasteiger partial charge is 0.310 e. The van der Waals surface area contributed by atoms with Crippen LogP contribution in [0.15, 0.2) is 12.1 Å². The van der Waals surface area contributed by atoms with Gasteiger partial charge in [0.2, 0.25) is 0 Å². The average Bonchev–Trinajstić information content (AvgIpc) is 2.92. The summed E-state index contributed by atoms with van der Waals surface area (Å²) in [6, 6.07) is 4.66. The number of rotatable bonds is 2. The minimum atomic E-state index is 0.308. The number of aryl methyl sites for hydroxylation is 3. The predicted octanol–water partition coefficient (Wildman–Crippen LogP) is 2.82. The van der Waals surface area contributed by atoms with Gasteiger partial charge in [-0.25, -0.2) is 0 Å². The Labute approximate surface area is 86.5 Å². The van der Waals surface area contributed by atoms with E-state index in [4.69, 9.17) is 0 Å². The molecule has 1 saturated carbocycles. The Kier molecular flexibility index (Phi) is 2.15. The lowest BCUT2D eigenvalue weighted by Crippen LogP contribution is -2.25. The molecule has 14 heavy (non-hydrogen) atoms. The molecular formula is C13H19N. The van der Waals surface area contributed by atoms with E-state index in [1.807, 2.05) is 0 Å². The van der Waals surface area contributed by atoms with Crippen molar-refractivity contribution in [2.75, 3.05) is 7.05 Å². The van der Waals surface area contributed by atoms with Crippen LogP contribution in [0.4, 0.5) is 0 Å². The van der Waals surface area contributed by atoms with Crippen molar-refractivity contribution in [1.29, 1.82) is 0 Å². The third-order valence-corrected chi connectivity index (χ3v) is 3.58. The molecule has 0 radical (unpaired) electrons. The molecule has 1 aliphatic rings. The summed E-state index contributed by atoms with van der Waals surface area (Å²) in [6.45, 7) is 6.61. The maximum Gasteiger partial charge on any atom is 0.0436 e. The SMILES string of the molecule is CNC1(c2cc(C)c(C)cc2C)CC1. The number of hydrogen-bond donors (Lipinski definition) is 1. The van der Waals surface area contributed by atoms with Crippen molar-refractivity contribution in [3.05, 3.63) is 34.4 Å². The Morgan fingerprint density at radius 2 is 1.57 bits per heavy atom. The van der Waals surface area contributed by atoms with Crippen LogP contribution in [-0.2, 0) is 5.54 Å². The number of hydrogen-bond acceptors (Lipinski definition) is 1. The van der Waals surface area contributed by atoms with E-state index in [0.29, 0.717) is 5.54 Å². The van der Waals surface area contributed by atoms with Crippen LogP contribution < -0.4 is 5.32 Å². The maximum absolute atomic E-state index is 3.46. The summed E-state index contributed by atoms with van der Waals surface area (Å²) < 4.78 is 0. The van der Waals surface area contributed by atoms with Crippen molar-refractivity contribution in [1.82, 2.24) is 5.32 Å². The Bertz CT molecular complexity index is 362. The Morgan fingerprint density at radius 1 is 1.00 bits per heavy atom. The van der Waals surface area contributed by atoms with Crippen LogP contribution >= 0.6 is 0 Å². The predicted molar refractivity (Wildman–Crippen MR) is 60.6 cm³/mol. The second-order valence-electron chi connectivity index (χ2n) is 4.58. The van der Waals surface area contributed by atoms with E-state index in [9.17, 15) is 0 Å². The second kappa shape index (κ2) is 3.09. The number of nitrogens with one attached hydrogen (secondary N) is 1. The Hall–Kier alpha value is -0.820. The van der Waals surface area contributed by atoms with Crippen molar-refractivity contribution in [3.63, 3.8) is 0 Å². The van der Waals surface area contributed by atoms with Gasteiger partial charge in [0, 0.05) is 5.54 Å². The molecule has 0 aromatic heterocycles. The summed E-state index contributed by atoms with van der Waals surface area (Å²) in [5.74, 6) is 0. The topological polar surface area (TPSA) is 12.0 Å². The van der Waals surface area contributed by atoms with Crippen LogP contribution in [0.3, 0.4) is 0 Å².